The lowest BCUT2D eigenvalue weighted by atomic mass is 10.1. The maximum absolute atomic E-state index is 13.9. The molecular weight excluding hydrogens is 379 g/mol. The average Bonchev–Trinajstić information content (AvgIpc) is 3.45. The van der Waals surface area contributed by atoms with E-state index in [0.717, 1.165) is 12.8 Å². The molecule has 4 rings (SSSR count). The van der Waals surface area contributed by atoms with Crippen molar-refractivity contribution in [3.8, 4) is 11.5 Å². The number of non-ortho nitro benzene ring substituents is 1. The van der Waals surface area contributed by atoms with Gasteiger partial charge in [-0.1, -0.05) is 24.3 Å². The number of hydrogen-bond donors (Lipinski definition) is 0. The van der Waals surface area contributed by atoms with Crippen molar-refractivity contribution < 1.29 is 18.5 Å². The Morgan fingerprint density at radius 1 is 1.21 bits per heavy atom. The SMILES string of the molecule is O=C(Cc1ccccc1F)N(Cc1nnc(-c2cccc([N+](=O)[O-])c2)o1)C1CC1. The van der Waals surface area contributed by atoms with Crippen molar-refractivity contribution in [1.82, 2.24) is 15.1 Å². The molecule has 0 bridgehead atoms. The van der Waals surface area contributed by atoms with E-state index in [1.54, 1.807) is 29.2 Å². The molecule has 1 heterocycles. The first kappa shape index (κ1) is 18.7. The van der Waals surface area contributed by atoms with E-state index in [1.807, 2.05) is 0 Å². The molecule has 9 heteroatoms. The van der Waals surface area contributed by atoms with Crippen molar-refractivity contribution in [3.05, 3.63) is 75.9 Å². The fourth-order valence-corrected chi connectivity index (χ4v) is 3.05. The number of nitro groups is 1. The van der Waals surface area contributed by atoms with E-state index in [-0.39, 0.29) is 42.4 Å². The molecule has 0 saturated heterocycles. The third-order valence-corrected chi connectivity index (χ3v) is 4.68. The van der Waals surface area contributed by atoms with Crippen LogP contribution in [0.5, 0.6) is 0 Å². The molecule has 0 spiro atoms. The zero-order chi connectivity index (χ0) is 20.4. The zero-order valence-corrected chi connectivity index (χ0v) is 15.3. The number of aromatic nitrogens is 2. The van der Waals surface area contributed by atoms with E-state index in [0.29, 0.717) is 11.1 Å². The molecule has 2 aromatic carbocycles. The highest BCUT2D eigenvalue weighted by Crippen LogP contribution is 2.30. The van der Waals surface area contributed by atoms with E-state index in [2.05, 4.69) is 10.2 Å². The molecular formula is C20H17FN4O4. The number of halogens is 1. The first-order valence-corrected chi connectivity index (χ1v) is 9.11. The fraction of sp³-hybridized carbons (Fsp3) is 0.250. The number of benzene rings is 2. The van der Waals surface area contributed by atoms with Crippen LogP contribution in [0.3, 0.4) is 0 Å². The van der Waals surface area contributed by atoms with Crippen molar-refractivity contribution in [3.63, 3.8) is 0 Å². The van der Waals surface area contributed by atoms with Gasteiger partial charge in [0, 0.05) is 23.7 Å². The predicted octanol–water partition coefficient (Wildman–Crippen LogP) is 3.52. The molecule has 1 fully saturated rings. The van der Waals surface area contributed by atoms with Crippen molar-refractivity contribution in [2.24, 2.45) is 0 Å². The summed E-state index contributed by atoms with van der Waals surface area (Å²) in [7, 11) is 0. The largest absolute Gasteiger partial charge is 0.419 e. The summed E-state index contributed by atoms with van der Waals surface area (Å²) in [5.74, 6) is -0.267. The highest BCUT2D eigenvalue weighted by atomic mass is 19.1. The average molecular weight is 396 g/mol. The molecule has 0 unspecified atom stereocenters. The molecule has 1 saturated carbocycles. The molecule has 29 heavy (non-hydrogen) atoms. The summed E-state index contributed by atoms with van der Waals surface area (Å²) in [5, 5.41) is 18.8. The van der Waals surface area contributed by atoms with Crippen molar-refractivity contribution in [2.45, 2.75) is 31.8 Å². The monoisotopic (exact) mass is 396 g/mol. The van der Waals surface area contributed by atoms with Gasteiger partial charge < -0.3 is 9.32 Å². The molecule has 0 aliphatic heterocycles. The fourth-order valence-electron chi connectivity index (χ4n) is 3.05. The molecule has 148 valence electrons. The molecule has 1 aliphatic carbocycles. The van der Waals surface area contributed by atoms with Gasteiger partial charge in [0.25, 0.3) is 5.69 Å². The minimum atomic E-state index is -0.503. The molecule has 1 aliphatic rings. The Kier molecular flexibility index (Phi) is 5.03. The Labute approximate surface area is 165 Å². The Morgan fingerprint density at radius 2 is 2.00 bits per heavy atom. The summed E-state index contributed by atoms with van der Waals surface area (Å²) < 4.78 is 19.5. The van der Waals surface area contributed by atoms with E-state index >= 15 is 0 Å². The summed E-state index contributed by atoms with van der Waals surface area (Å²) >= 11 is 0. The zero-order valence-electron chi connectivity index (χ0n) is 15.3. The number of hydrogen-bond acceptors (Lipinski definition) is 6. The van der Waals surface area contributed by atoms with Crippen LogP contribution in [-0.2, 0) is 17.8 Å². The number of nitro benzene ring substituents is 1. The van der Waals surface area contributed by atoms with Gasteiger partial charge in [0.05, 0.1) is 17.9 Å². The van der Waals surface area contributed by atoms with Gasteiger partial charge in [-0.05, 0) is 30.5 Å². The summed E-state index contributed by atoms with van der Waals surface area (Å²) in [5.41, 5.74) is 0.682. The molecule has 3 aromatic rings. The van der Waals surface area contributed by atoms with Crippen LogP contribution in [0.1, 0.15) is 24.3 Å². The summed E-state index contributed by atoms with van der Waals surface area (Å²) in [6.07, 6.45) is 1.69. The maximum atomic E-state index is 13.9. The minimum absolute atomic E-state index is 0.0466. The number of amides is 1. The normalized spacial score (nSPS) is 13.3. The summed E-state index contributed by atoms with van der Waals surface area (Å²) in [4.78, 5) is 24.8. The predicted molar refractivity (Wildman–Crippen MR) is 100 cm³/mol. The Hall–Kier alpha value is -3.62. The second-order valence-corrected chi connectivity index (χ2v) is 6.83. The van der Waals surface area contributed by atoms with Gasteiger partial charge in [-0.3, -0.25) is 14.9 Å². The smallest absolute Gasteiger partial charge is 0.270 e. The lowest BCUT2D eigenvalue weighted by Crippen LogP contribution is -2.34. The topological polar surface area (TPSA) is 102 Å². The van der Waals surface area contributed by atoms with Crippen molar-refractivity contribution in [1.29, 1.82) is 0 Å². The van der Waals surface area contributed by atoms with E-state index in [4.69, 9.17) is 4.42 Å². The second kappa shape index (κ2) is 7.78. The highest BCUT2D eigenvalue weighted by Gasteiger charge is 2.34. The van der Waals surface area contributed by atoms with E-state index < -0.39 is 10.7 Å². The lowest BCUT2D eigenvalue weighted by molar-refractivity contribution is -0.384. The molecule has 0 atom stereocenters. The van der Waals surface area contributed by atoms with E-state index in [9.17, 15) is 19.3 Å². The first-order valence-electron chi connectivity index (χ1n) is 9.11. The number of carbonyl (C=O) groups is 1. The van der Waals surface area contributed by atoms with Gasteiger partial charge in [-0.15, -0.1) is 10.2 Å². The van der Waals surface area contributed by atoms with Crippen LogP contribution in [0.4, 0.5) is 10.1 Å². The van der Waals surface area contributed by atoms with Crippen LogP contribution in [0.15, 0.2) is 52.9 Å². The van der Waals surface area contributed by atoms with Crippen LogP contribution in [0, 0.1) is 15.9 Å². The Bertz CT molecular complexity index is 1060. The van der Waals surface area contributed by atoms with Crippen LogP contribution >= 0.6 is 0 Å². The number of rotatable bonds is 7. The standard InChI is InChI=1S/C20H17FN4O4/c21-17-7-2-1-4-13(17)11-19(26)24(15-8-9-15)12-18-22-23-20(29-18)14-5-3-6-16(10-14)25(27)28/h1-7,10,15H,8-9,11-12H2. The number of carbonyl (C=O) groups excluding carboxylic acids is 1. The second-order valence-electron chi connectivity index (χ2n) is 6.83. The lowest BCUT2D eigenvalue weighted by Gasteiger charge is -2.20. The molecule has 1 aromatic heterocycles. The van der Waals surface area contributed by atoms with E-state index in [1.165, 1.54) is 24.3 Å². The molecule has 0 N–H and O–H groups in total. The van der Waals surface area contributed by atoms with Crippen molar-refractivity contribution >= 4 is 11.6 Å². The quantitative estimate of drug-likeness (QED) is 0.447. The van der Waals surface area contributed by atoms with Crippen LogP contribution < -0.4 is 0 Å². The minimum Gasteiger partial charge on any atom is -0.419 e. The Balaban J connectivity index is 1.50. The number of nitrogens with zero attached hydrogens (tertiary/aromatic N) is 4. The summed E-state index contributed by atoms with van der Waals surface area (Å²) in [6.45, 7) is 0.111. The first-order chi connectivity index (χ1) is 14.0. The van der Waals surface area contributed by atoms with Gasteiger partial charge in [0.2, 0.25) is 17.7 Å². The van der Waals surface area contributed by atoms with Gasteiger partial charge in [0.15, 0.2) is 0 Å². The third kappa shape index (κ3) is 4.29. The van der Waals surface area contributed by atoms with Gasteiger partial charge in [-0.25, -0.2) is 4.39 Å². The van der Waals surface area contributed by atoms with Crippen LogP contribution in [-0.4, -0.2) is 32.0 Å². The highest BCUT2D eigenvalue weighted by molar-refractivity contribution is 5.79. The van der Waals surface area contributed by atoms with Crippen LogP contribution in [0.25, 0.3) is 11.5 Å². The van der Waals surface area contributed by atoms with Gasteiger partial charge in [0.1, 0.15) is 5.82 Å². The van der Waals surface area contributed by atoms with Gasteiger partial charge in [-0.2, -0.15) is 0 Å². The van der Waals surface area contributed by atoms with Crippen molar-refractivity contribution in [2.75, 3.05) is 0 Å². The molecule has 1 amide bonds. The molecule has 0 radical (unpaired) electrons. The summed E-state index contributed by atoms with van der Waals surface area (Å²) in [6, 6.07) is 12.1. The van der Waals surface area contributed by atoms with Crippen LogP contribution in [0.2, 0.25) is 0 Å². The third-order valence-electron chi connectivity index (χ3n) is 4.68. The Morgan fingerprint density at radius 3 is 2.72 bits per heavy atom. The maximum Gasteiger partial charge on any atom is 0.270 e. The molecule has 8 nitrogen and oxygen atoms in total. The van der Waals surface area contributed by atoms with Gasteiger partial charge >= 0.3 is 0 Å².